The molecule has 3 aromatic carbocycles. The van der Waals surface area contributed by atoms with Crippen LogP contribution in [-0.2, 0) is 0 Å². The molecule has 0 aliphatic carbocycles. The molecule has 6 heteroatoms. The van der Waals surface area contributed by atoms with Crippen LogP contribution >= 0.6 is 33.9 Å². The number of rotatable bonds is 5. The first-order chi connectivity index (χ1) is 17.2. The van der Waals surface area contributed by atoms with Gasteiger partial charge in [-0.15, -0.1) is 0 Å². The summed E-state index contributed by atoms with van der Waals surface area (Å²) >= 11 is 4.08. The number of halogens is 1. The molecule has 2 aromatic heterocycles. The van der Waals surface area contributed by atoms with E-state index in [0.29, 0.717) is 0 Å². The zero-order chi connectivity index (χ0) is 23.9. The molecule has 3 heterocycles. The maximum Gasteiger partial charge on any atom is 0.119 e. The normalized spacial score (nSPS) is 15.1. The van der Waals surface area contributed by atoms with Gasteiger partial charge in [0.15, 0.2) is 0 Å². The largest absolute Gasteiger partial charge is 0.497 e. The van der Waals surface area contributed by atoms with E-state index in [4.69, 9.17) is 9.47 Å². The number of H-pyrrole nitrogens is 1. The van der Waals surface area contributed by atoms with Crippen molar-refractivity contribution in [3.05, 3.63) is 110 Å². The first-order valence-electron chi connectivity index (χ1n) is 11.3. The number of hydrogen-bond donors (Lipinski definition) is 1. The molecule has 0 saturated heterocycles. The Kier molecular flexibility index (Phi) is 5.78. The molecule has 1 atom stereocenters. The maximum atomic E-state index is 5.66. The van der Waals surface area contributed by atoms with Crippen molar-refractivity contribution in [3.63, 3.8) is 0 Å². The number of thiophene rings is 1. The lowest BCUT2D eigenvalue weighted by atomic mass is 9.87. The van der Waals surface area contributed by atoms with Crippen LogP contribution in [-0.4, -0.2) is 19.2 Å². The van der Waals surface area contributed by atoms with Gasteiger partial charge in [-0.2, -0.15) is 11.3 Å². The van der Waals surface area contributed by atoms with Crippen LogP contribution < -0.4 is 14.4 Å². The van der Waals surface area contributed by atoms with Gasteiger partial charge in [0, 0.05) is 42.9 Å². The molecule has 1 aliphatic rings. The summed E-state index contributed by atoms with van der Waals surface area (Å²) in [6.07, 6.45) is 4.43. The van der Waals surface area contributed by atoms with E-state index in [2.05, 4.69) is 110 Å². The van der Waals surface area contributed by atoms with Crippen molar-refractivity contribution in [1.29, 1.82) is 0 Å². The maximum absolute atomic E-state index is 5.66. The second-order valence-electron chi connectivity index (χ2n) is 8.44. The zero-order valence-corrected chi connectivity index (χ0v) is 22.3. The summed E-state index contributed by atoms with van der Waals surface area (Å²) in [6.45, 7) is 0. The van der Waals surface area contributed by atoms with E-state index < -0.39 is 0 Å². The summed E-state index contributed by atoms with van der Waals surface area (Å²) < 4.78 is 12.5. The lowest BCUT2D eigenvalue weighted by Crippen LogP contribution is -2.31. The van der Waals surface area contributed by atoms with Crippen LogP contribution in [0.4, 0.5) is 5.69 Å². The van der Waals surface area contributed by atoms with Gasteiger partial charge in [0.2, 0.25) is 0 Å². The smallest absolute Gasteiger partial charge is 0.119 e. The third-order valence-corrected chi connectivity index (χ3v) is 7.94. The number of benzene rings is 3. The van der Waals surface area contributed by atoms with Crippen LogP contribution in [0, 0.1) is 3.57 Å². The van der Waals surface area contributed by atoms with Crippen molar-refractivity contribution in [1.82, 2.24) is 4.98 Å². The topological polar surface area (TPSA) is 37.5 Å². The Morgan fingerprint density at radius 3 is 2.40 bits per heavy atom. The lowest BCUT2D eigenvalue weighted by molar-refractivity contribution is 0.414. The Labute approximate surface area is 222 Å². The molecule has 174 valence electrons. The van der Waals surface area contributed by atoms with E-state index in [1.165, 1.54) is 31.5 Å². The molecule has 4 nitrogen and oxygen atoms in total. The van der Waals surface area contributed by atoms with Gasteiger partial charge in [-0.1, -0.05) is 6.07 Å². The molecule has 6 rings (SSSR count). The predicted molar refractivity (Wildman–Crippen MR) is 154 cm³/mol. The highest BCUT2D eigenvalue weighted by Crippen LogP contribution is 2.48. The summed E-state index contributed by atoms with van der Waals surface area (Å²) in [5.41, 5.74) is 8.18. The highest BCUT2D eigenvalue weighted by atomic mass is 127. The zero-order valence-electron chi connectivity index (χ0n) is 19.3. The fourth-order valence-corrected chi connectivity index (χ4v) is 5.86. The Bertz CT molecular complexity index is 1540. The summed E-state index contributed by atoms with van der Waals surface area (Å²) in [7, 11) is 3.43. The van der Waals surface area contributed by atoms with Crippen molar-refractivity contribution in [2.45, 2.75) is 6.04 Å². The molecule has 5 aromatic rings. The quantitative estimate of drug-likeness (QED) is 0.211. The second kappa shape index (κ2) is 9.09. The van der Waals surface area contributed by atoms with Crippen molar-refractivity contribution in [3.8, 4) is 11.5 Å². The molecule has 1 unspecified atom stereocenters. The average molecular weight is 590 g/mol. The van der Waals surface area contributed by atoms with E-state index in [-0.39, 0.29) is 6.04 Å². The van der Waals surface area contributed by atoms with Crippen LogP contribution in [0.3, 0.4) is 0 Å². The van der Waals surface area contributed by atoms with Gasteiger partial charge in [-0.3, -0.25) is 0 Å². The van der Waals surface area contributed by atoms with Gasteiger partial charge in [0.1, 0.15) is 11.5 Å². The Morgan fingerprint density at radius 1 is 0.886 bits per heavy atom. The van der Waals surface area contributed by atoms with Gasteiger partial charge in [-0.05, 0) is 106 Å². The molecular weight excluding hydrogens is 567 g/mol. The monoisotopic (exact) mass is 590 g/mol. The number of aromatic amines is 1. The van der Waals surface area contributed by atoms with E-state index >= 15 is 0 Å². The first-order valence-corrected chi connectivity index (χ1v) is 13.3. The standard InChI is InChI=1S/C29H23IN2O2S/c1-33-22-8-3-18-13-28(19-11-12-35-17-19)32(21-6-4-20(30)5-7-21)29(24(18)14-22)26-16-31-27-10-9-23(34-2)15-25(26)27/h3-17,29,31H,1-2H3. The number of methoxy groups -OCH3 is 2. The van der Waals surface area contributed by atoms with Crippen molar-refractivity contribution in [2.24, 2.45) is 0 Å². The van der Waals surface area contributed by atoms with E-state index in [1.54, 1.807) is 25.6 Å². The molecule has 0 radical (unpaired) electrons. The molecule has 0 spiro atoms. The number of hydrogen-bond acceptors (Lipinski definition) is 4. The molecular formula is C29H23IN2O2S. The predicted octanol–water partition coefficient (Wildman–Crippen LogP) is 7.96. The molecule has 0 saturated carbocycles. The number of aromatic nitrogens is 1. The fourth-order valence-electron chi connectivity index (χ4n) is 4.85. The second-order valence-corrected chi connectivity index (χ2v) is 10.5. The molecule has 1 aliphatic heterocycles. The Morgan fingerprint density at radius 2 is 1.66 bits per heavy atom. The van der Waals surface area contributed by atoms with Crippen LogP contribution in [0.5, 0.6) is 11.5 Å². The number of nitrogens with zero attached hydrogens (tertiary/aromatic N) is 1. The van der Waals surface area contributed by atoms with Gasteiger partial charge >= 0.3 is 0 Å². The lowest BCUT2D eigenvalue weighted by Gasteiger charge is -2.40. The third-order valence-electron chi connectivity index (χ3n) is 6.54. The molecule has 0 bridgehead atoms. The Hall–Kier alpha value is -3.23. The van der Waals surface area contributed by atoms with Crippen LogP contribution in [0.1, 0.15) is 28.3 Å². The van der Waals surface area contributed by atoms with Gasteiger partial charge in [-0.25, -0.2) is 0 Å². The van der Waals surface area contributed by atoms with Crippen LogP contribution in [0.25, 0.3) is 22.7 Å². The third kappa shape index (κ3) is 3.90. The van der Waals surface area contributed by atoms with Gasteiger partial charge in [0.05, 0.1) is 26.0 Å². The number of fused-ring (bicyclic) bond motifs is 2. The van der Waals surface area contributed by atoms with E-state index in [0.717, 1.165) is 28.1 Å². The highest BCUT2D eigenvalue weighted by Gasteiger charge is 2.34. The molecule has 35 heavy (non-hydrogen) atoms. The SMILES string of the molecule is COc1ccc2c(c1)C(c1c[nH]c3ccc(OC)cc13)N(c1ccc(I)cc1)C(c1ccsc1)=C2. The first kappa shape index (κ1) is 22.2. The minimum Gasteiger partial charge on any atom is -0.497 e. The summed E-state index contributed by atoms with van der Waals surface area (Å²) in [4.78, 5) is 5.94. The molecule has 0 amide bonds. The molecule has 0 fully saturated rings. The van der Waals surface area contributed by atoms with E-state index in [9.17, 15) is 0 Å². The minimum atomic E-state index is -0.0686. The fraction of sp³-hybridized carbons (Fsp3) is 0.103. The number of ether oxygens (including phenoxy) is 2. The highest BCUT2D eigenvalue weighted by molar-refractivity contribution is 14.1. The number of anilines is 1. The summed E-state index contributed by atoms with van der Waals surface area (Å²) in [6, 6.07) is 23.4. The minimum absolute atomic E-state index is 0.0686. The average Bonchev–Trinajstić information content (AvgIpc) is 3.58. The summed E-state index contributed by atoms with van der Waals surface area (Å²) in [5.74, 6) is 1.69. The van der Waals surface area contributed by atoms with E-state index in [1.807, 2.05) is 12.1 Å². The molecule has 1 N–H and O–H groups in total. The van der Waals surface area contributed by atoms with Crippen molar-refractivity contribution >= 4 is 62.3 Å². The van der Waals surface area contributed by atoms with Crippen LogP contribution in [0.2, 0.25) is 0 Å². The van der Waals surface area contributed by atoms with Crippen LogP contribution in [0.15, 0.2) is 83.7 Å². The van der Waals surface area contributed by atoms with Crippen molar-refractivity contribution < 1.29 is 9.47 Å². The van der Waals surface area contributed by atoms with Gasteiger partial charge in [0.25, 0.3) is 0 Å². The number of nitrogens with one attached hydrogen (secondary N) is 1. The van der Waals surface area contributed by atoms with Crippen molar-refractivity contribution in [2.75, 3.05) is 19.1 Å². The van der Waals surface area contributed by atoms with Gasteiger partial charge < -0.3 is 19.4 Å². The Balaban J connectivity index is 1.66. The summed E-state index contributed by atoms with van der Waals surface area (Å²) in [5, 5.41) is 5.50.